The lowest BCUT2D eigenvalue weighted by Gasteiger charge is -2.38. The Labute approximate surface area is 187 Å². The van der Waals surface area contributed by atoms with Crippen LogP contribution in [0.3, 0.4) is 0 Å². The number of likely N-dealkylation sites (N-methyl/N-ethyl adjacent to an activating group) is 1. The van der Waals surface area contributed by atoms with Crippen LogP contribution in [0.25, 0.3) is 0 Å². The molecular weight excluding hydrogens is 410 g/mol. The predicted molar refractivity (Wildman–Crippen MR) is 121 cm³/mol. The number of ether oxygens (including phenoxy) is 3. The number of hydrogen-bond acceptors (Lipinski definition) is 8. The molecule has 1 aromatic heterocycles. The summed E-state index contributed by atoms with van der Waals surface area (Å²) < 4.78 is 16.7. The van der Waals surface area contributed by atoms with Crippen molar-refractivity contribution in [3.8, 4) is 17.2 Å². The average Bonchev–Trinajstić information content (AvgIpc) is 3.18. The second-order valence-electron chi connectivity index (χ2n) is 9.13. The second kappa shape index (κ2) is 8.03. The minimum absolute atomic E-state index is 0.00768. The molecule has 5 rings (SSSR count). The van der Waals surface area contributed by atoms with E-state index in [1.807, 2.05) is 50.9 Å². The van der Waals surface area contributed by atoms with Crippen LogP contribution in [-0.4, -0.2) is 48.4 Å². The molecule has 0 spiro atoms. The first-order chi connectivity index (χ1) is 15.4. The van der Waals surface area contributed by atoms with Gasteiger partial charge < -0.3 is 29.7 Å². The molecule has 2 aromatic rings. The number of aryl methyl sites for hydroxylation is 1. The van der Waals surface area contributed by atoms with Gasteiger partial charge in [0.05, 0.1) is 12.3 Å². The fraction of sp³-hybridized carbons (Fsp3) is 0.522. The SMILES string of the molecule is Cc1nc(NC2CC(COc3ccc4c(c3)OCO4)C2)nc2c1NC(=O)C(C(C)C)N2C. The highest BCUT2D eigenvalue weighted by atomic mass is 16.7. The average molecular weight is 440 g/mol. The summed E-state index contributed by atoms with van der Waals surface area (Å²) in [6.45, 7) is 6.91. The van der Waals surface area contributed by atoms with Crippen LogP contribution in [0.1, 0.15) is 32.4 Å². The van der Waals surface area contributed by atoms with Crippen LogP contribution in [0.4, 0.5) is 17.5 Å². The highest BCUT2D eigenvalue weighted by Gasteiger charge is 2.36. The van der Waals surface area contributed by atoms with E-state index >= 15 is 0 Å². The van der Waals surface area contributed by atoms with Gasteiger partial charge in [0, 0.05) is 19.2 Å². The van der Waals surface area contributed by atoms with E-state index in [1.54, 1.807) is 0 Å². The minimum atomic E-state index is -0.244. The van der Waals surface area contributed by atoms with Crippen LogP contribution >= 0.6 is 0 Å². The zero-order valence-corrected chi connectivity index (χ0v) is 18.8. The van der Waals surface area contributed by atoms with Crippen molar-refractivity contribution >= 4 is 23.4 Å². The van der Waals surface area contributed by atoms with Crippen LogP contribution in [0.5, 0.6) is 17.2 Å². The van der Waals surface area contributed by atoms with Crippen LogP contribution in [0.15, 0.2) is 18.2 Å². The van der Waals surface area contributed by atoms with E-state index in [1.165, 1.54) is 0 Å². The third-order valence-electron chi connectivity index (χ3n) is 6.37. The van der Waals surface area contributed by atoms with Gasteiger partial charge in [-0.3, -0.25) is 4.79 Å². The number of nitrogens with zero attached hydrogens (tertiary/aromatic N) is 3. The summed E-state index contributed by atoms with van der Waals surface area (Å²) in [5.41, 5.74) is 1.46. The molecule has 1 aliphatic carbocycles. The number of fused-ring (bicyclic) bond motifs is 2. The van der Waals surface area contributed by atoms with Crippen LogP contribution < -0.4 is 29.7 Å². The van der Waals surface area contributed by atoms with Crippen LogP contribution in [-0.2, 0) is 4.79 Å². The molecule has 1 amide bonds. The molecule has 1 saturated carbocycles. The molecule has 170 valence electrons. The highest BCUT2D eigenvalue weighted by molar-refractivity contribution is 6.03. The minimum Gasteiger partial charge on any atom is -0.493 e. The van der Waals surface area contributed by atoms with Gasteiger partial charge in [-0.25, -0.2) is 4.98 Å². The number of aromatic nitrogens is 2. The highest BCUT2D eigenvalue weighted by Crippen LogP contribution is 2.37. The van der Waals surface area contributed by atoms with E-state index in [9.17, 15) is 4.79 Å². The first kappa shape index (κ1) is 20.7. The number of carbonyl (C=O) groups is 1. The Morgan fingerprint density at radius 2 is 2.03 bits per heavy atom. The molecule has 0 radical (unpaired) electrons. The van der Waals surface area contributed by atoms with Gasteiger partial charge >= 0.3 is 0 Å². The van der Waals surface area contributed by atoms with Gasteiger partial charge in [0.2, 0.25) is 18.6 Å². The smallest absolute Gasteiger partial charge is 0.247 e. The second-order valence-corrected chi connectivity index (χ2v) is 9.13. The maximum atomic E-state index is 12.5. The van der Waals surface area contributed by atoms with E-state index < -0.39 is 0 Å². The monoisotopic (exact) mass is 439 g/mol. The Kier molecular flexibility index (Phi) is 5.19. The number of amides is 1. The van der Waals surface area contributed by atoms with E-state index in [0.717, 1.165) is 41.6 Å². The van der Waals surface area contributed by atoms with Crippen molar-refractivity contribution in [1.29, 1.82) is 0 Å². The molecule has 0 bridgehead atoms. The van der Waals surface area contributed by atoms with Gasteiger partial charge in [-0.15, -0.1) is 0 Å². The van der Waals surface area contributed by atoms with Gasteiger partial charge in [-0.2, -0.15) is 4.98 Å². The molecule has 2 N–H and O–H groups in total. The molecule has 1 atom stereocenters. The van der Waals surface area contributed by atoms with Gasteiger partial charge in [0.25, 0.3) is 0 Å². The number of benzene rings is 1. The molecule has 1 aromatic carbocycles. The summed E-state index contributed by atoms with van der Waals surface area (Å²) in [5, 5.41) is 6.44. The first-order valence-electron chi connectivity index (χ1n) is 11.1. The summed E-state index contributed by atoms with van der Waals surface area (Å²) in [5.74, 6) is 4.30. The van der Waals surface area contributed by atoms with Crippen molar-refractivity contribution in [2.24, 2.45) is 11.8 Å². The molecule has 32 heavy (non-hydrogen) atoms. The summed E-state index contributed by atoms with van der Waals surface area (Å²) in [7, 11) is 1.92. The molecule has 3 aliphatic rings. The number of carbonyl (C=O) groups excluding carboxylic acids is 1. The molecule has 9 nitrogen and oxygen atoms in total. The molecule has 3 heterocycles. The van der Waals surface area contributed by atoms with Gasteiger partial charge in [0.15, 0.2) is 17.3 Å². The summed E-state index contributed by atoms with van der Waals surface area (Å²) in [4.78, 5) is 23.8. The molecule has 1 fully saturated rings. The summed E-state index contributed by atoms with van der Waals surface area (Å²) in [6, 6.07) is 5.72. The third-order valence-corrected chi connectivity index (χ3v) is 6.37. The summed E-state index contributed by atoms with van der Waals surface area (Å²) in [6.07, 6.45) is 1.98. The predicted octanol–water partition coefficient (Wildman–Crippen LogP) is 3.20. The molecular formula is C23H29N5O4. The number of hydrogen-bond donors (Lipinski definition) is 2. The van der Waals surface area contributed by atoms with Gasteiger partial charge in [-0.05, 0) is 43.7 Å². The van der Waals surface area contributed by atoms with Gasteiger partial charge in [-0.1, -0.05) is 13.8 Å². The normalized spacial score (nSPS) is 23.5. The Morgan fingerprint density at radius 1 is 1.25 bits per heavy atom. The quantitative estimate of drug-likeness (QED) is 0.708. The molecule has 2 aliphatic heterocycles. The standard InChI is InChI=1S/C23H29N5O4/c1-12(2)20-22(29)26-19-13(3)24-23(27-21(19)28(20)4)25-15-7-14(8-15)10-30-16-5-6-17-18(9-16)32-11-31-17/h5-6,9,12,14-15,20H,7-8,10-11H2,1-4H3,(H,26,29)(H,24,25,27). The fourth-order valence-corrected chi connectivity index (χ4v) is 4.63. The van der Waals surface area contributed by atoms with Crippen LogP contribution in [0, 0.1) is 18.8 Å². The fourth-order valence-electron chi connectivity index (χ4n) is 4.63. The number of rotatable bonds is 6. The zero-order valence-electron chi connectivity index (χ0n) is 18.8. The Hall–Kier alpha value is -3.23. The Balaban J connectivity index is 1.18. The van der Waals surface area contributed by atoms with E-state index in [2.05, 4.69) is 15.6 Å². The third kappa shape index (κ3) is 3.76. The van der Waals surface area contributed by atoms with Crippen molar-refractivity contribution in [3.05, 3.63) is 23.9 Å². The Morgan fingerprint density at radius 3 is 2.81 bits per heavy atom. The molecule has 9 heteroatoms. The lowest BCUT2D eigenvalue weighted by molar-refractivity contribution is -0.118. The molecule has 0 saturated heterocycles. The Bertz CT molecular complexity index is 1040. The maximum Gasteiger partial charge on any atom is 0.247 e. The number of anilines is 3. The summed E-state index contributed by atoms with van der Waals surface area (Å²) >= 11 is 0. The van der Waals surface area contributed by atoms with E-state index in [4.69, 9.17) is 19.2 Å². The molecule has 1 unspecified atom stereocenters. The topological polar surface area (TPSA) is 97.8 Å². The largest absolute Gasteiger partial charge is 0.493 e. The lowest BCUT2D eigenvalue weighted by atomic mass is 9.81. The van der Waals surface area contributed by atoms with Crippen molar-refractivity contribution in [2.45, 2.75) is 45.7 Å². The zero-order chi connectivity index (χ0) is 22.4. The van der Waals surface area contributed by atoms with Crippen molar-refractivity contribution in [1.82, 2.24) is 9.97 Å². The van der Waals surface area contributed by atoms with Crippen molar-refractivity contribution in [2.75, 3.05) is 36.0 Å². The van der Waals surface area contributed by atoms with Crippen molar-refractivity contribution in [3.63, 3.8) is 0 Å². The van der Waals surface area contributed by atoms with E-state index in [0.29, 0.717) is 30.2 Å². The maximum absolute atomic E-state index is 12.5. The lowest BCUT2D eigenvalue weighted by Crippen LogP contribution is -2.50. The number of nitrogens with one attached hydrogen (secondary N) is 2. The van der Waals surface area contributed by atoms with E-state index in [-0.39, 0.29) is 24.7 Å². The first-order valence-corrected chi connectivity index (χ1v) is 11.1. The van der Waals surface area contributed by atoms with Gasteiger partial charge in [0.1, 0.15) is 17.5 Å². The van der Waals surface area contributed by atoms with Crippen LogP contribution in [0.2, 0.25) is 0 Å². The van der Waals surface area contributed by atoms with Crippen molar-refractivity contribution < 1.29 is 19.0 Å².